The van der Waals surface area contributed by atoms with Crippen LogP contribution >= 0.6 is 0 Å². The van der Waals surface area contributed by atoms with Crippen LogP contribution < -0.4 is 11.1 Å². The Kier molecular flexibility index (Phi) is 3.10. The number of carbonyl (C=O) groups excluding carboxylic acids is 1. The highest BCUT2D eigenvalue weighted by Gasteiger charge is 2.25. The molecule has 1 aliphatic rings. The van der Waals surface area contributed by atoms with Gasteiger partial charge < -0.3 is 16.2 Å². The molecule has 1 atom stereocenters. The Morgan fingerprint density at radius 3 is 2.62 bits per heavy atom. The number of phenols is 1. The molecular formula is C12H16N2O2. The molecule has 0 spiro atoms. The smallest absolute Gasteiger partial charge is 0.237 e. The number of hydrogen-bond acceptors (Lipinski definition) is 3. The summed E-state index contributed by atoms with van der Waals surface area (Å²) in [5.74, 6) is 0.135. The van der Waals surface area contributed by atoms with E-state index in [4.69, 9.17) is 10.8 Å². The molecule has 1 fully saturated rings. The molecule has 1 aliphatic carbocycles. The molecule has 4 heteroatoms. The Bertz CT molecular complexity index is 371. The summed E-state index contributed by atoms with van der Waals surface area (Å²) >= 11 is 0. The van der Waals surface area contributed by atoms with E-state index in [9.17, 15) is 4.79 Å². The van der Waals surface area contributed by atoms with Gasteiger partial charge in [-0.25, -0.2) is 0 Å². The fourth-order valence-corrected chi connectivity index (χ4v) is 1.51. The molecule has 1 amide bonds. The van der Waals surface area contributed by atoms with Crippen molar-refractivity contribution >= 4 is 5.91 Å². The number of carbonyl (C=O) groups is 1. The van der Waals surface area contributed by atoms with E-state index in [1.807, 2.05) is 0 Å². The molecule has 0 saturated heterocycles. The van der Waals surface area contributed by atoms with E-state index in [0.29, 0.717) is 12.5 Å². The van der Waals surface area contributed by atoms with E-state index < -0.39 is 6.04 Å². The Balaban J connectivity index is 1.87. The second-order valence-electron chi connectivity index (χ2n) is 4.26. The highest BCUT2D eigenvalue weighted by atomic mass is 16.3. The lowest BCUT2D eigenvalue weighted by atomic mass is 10.1. The molecule has 1 aromatic carbocycles. The van der Waals surface area contributed by atoms with Crippen LogP contribution in [0.3, 0.4) is 0 Å². The van der Waals surface area contributed by atoms with Crippen molar-refractivity contribution in [2.45, 2.75) is 31.3 Å². The maximum atomic E-state index is 11.6. The Labute approximate surface area is 94.5 Å². The topological polar surface area (TPSA) is 75.3 Å². The van der Waals surface area contributed by atoms with E-state index in [1.165, 1.54) is 0 Å². The van der Waals surface area contributed by atoms with E-state index >= 15 is 0 Å². The summed E-state index contributed by atoms with van der Waals surface area (Å²) in [4.78, 5) is 11.6. The molecule has 0 aliphatic heterocycles. The van der Waals surface area contributed by atoms with Gasteiger partial charge in [-0.3, -0.25) is 4.79 Å². The number of phenolic OH excluding ortho intramolecular Hbond substituents is 1. The average Bonchev–Trinajstić information content (AvgIpc) is 3.05. The third-order valence-corrected chi connectivity index (χ3v) is 2.65. The number of rotatable bonds is 4. The first-order valence-corrected chi connectivity index (χ1v) is 5.49. The minimum absolute atomic E-state index is 0.0874. The van der Waals surface area contributed by atoms with Gasteiger partial charge in [-0.05, 0) is 37.0 Å². The molecule has 2 rings (SSSR count). The standard InChI is InChI=1S/C12H16N2O2/c13-11(12(16)14-9-3-4-9)7-8-1-5-10(15)6-2-8/h1-2,5-6,9,11,15H,3-4,7,13H2,(H,14,16). The van der Waals surface area contributed by atoms with Crippen LogP contribution in [0.5, 0.6) is 5.75 Å². The van der Waals surface area contributed by atoms with Gasteiger partial charge in [0.05, 0.1) is 6.04 Å². The molecule has 0 heterocycles. The van der Waals surface area contributed by atoms with Crippen molar-refractivity contribution in [2.75, 3.05) is 0 Å². The quantitative estimate of drug-likeness (QED) is 0.693. The second kappa shape index (κ2) is 4.53. The number of benzene rings is 1. The van der Waals surface area contributed by atoms with Gasteiger partial charge in [-0.2, -0.15) is 0 Å². The highest BCUT2D eigenvalue weighted by molar-refractivity contribution is 5.82. The molecule has 0 radical (unpaired) electrons. The lowest BCUT2D eigenvalue weighted by molar-refractivity contribution is -0.122. The lowest BCUT2D eigenvalue weighted by Gasteiger charge is -2.11. The average molecular weight is 220 g/mol. The first kappa shape index (κ1) is 11.0. The molecule has 0 bridgehead atoms. The Morgan fingerprint density at radius 1 is 1.44 bits per heavy atom. The van der Waals surface area contributed by atoms with Crippen molar-refractivity contribution in [2.24, 2.45) is 5.73 Å². The number of amides is 1. The van der Waals surface area contributed by atoms with Gasteiger partial charge in [-0.1, -0.05) is 12.1 Å². The van der Waals surface area contributed by atoms with Crippen molar-refractivity contribution in [3.05, 3.63) is 29.8 Å². The molecule has 1 unspecified atom stereocenters. The SMILES string of the molecule is NC(Cc1ccc(O)cc1)C(=O)NC1CC1. The molecular weight excluding hydrogens is 204 g/mol. The van der Waals surface area contributed by atoms with E-state index in [1.54, 1.807) is 24.3 Å². The third-order valence-electron chi connectivity index (χ3n) is 2.65. The van der Waals surface area contributed by atoms with Crippen LogP contribution in [-0.4, -0.2) is 23.1 Å². The van der Waals surface area contributed by atoms with Gasteiger partial charge in [0.25, 0.3) is 0 Å². The number of aromatic hydroxyl groups is 1. The molecule has 16 heavy (non-hydrogen) atoms. The molecule has 86 valence electrons. The van der Waals surface area contributed by atoms with Crippen LogP contribution in [0.25, 0.3) is 0 Å². The Hall–Kier alpha value is -1.55. The molecule has 1 saturated carbocycles. The van der Waals surface area contributed by atoms with Gasteiger partial charge >= 0.3 is 0 Å². The summed E-state index contributed by atoms with van der Waals surface area (Å²) in [5, 5.41) is 12.0. The van der Waals surface area contributed by atoms with Gasteiger partial charge in [0.15, 0.2) is 0 Å². The second-order valence-corrected chi connectivity index (χ2v) is 4.26. The maximum Gasteiger partial charge on any atom is 0.237 e. The zero-order valence-electron chi connectivity index (χ0n) is 9.02. The van der Waals surface area contributed by atoms with Gasteiger partial charge in [-0.15, -0.1) is 0 Å². The summed E-state index contributed by atoms with van der Waals surface area (Å²) in [5.41, 5.74) is 6.74. The van der Waals surface area contributed by atoms with Crippen LogP contribution in [0.15, 0.2) is 24.3 Å². The van der Waals surface area contributed by atoms with E-state index in [0.717, 1.165) is 18.4 Å². The lowest BCUT2D eigenvalue weighted by Crippen LogP contribution is -2.42. The predicted octanol–water partition coefficient (Wildman–Crippen LogP) is 0.541. The van der Waals surface area contributed by atoms with Gasteiger partial charge in [0.1, 0.15) is 5.75 Å². The van der Waals surface area contributed by atoms with Crippen molar-refractivity contribution in [1.82, 2.24) is 5.32 Å². The summed E-state index contributed by atoms with van der Waals surface area (Å²) in [6.07, 6.45) is 2.63. The minimum Gasteiger partial charge on any atom is -0.508 e. The largest absolute Gasteiger partial charge is 0.508 e. The van der Waals surface area contributed by atoms with Crippen LogP contribution in [0.1, 0.15) is 18.4 Å². The van der Waals surface area contributed by atoms with Crippen molar-refractivity contribution in [3.63, 3.8) is 0 Å². The fraction of sp³-hybridized carbons (Fsp3) is 0.417. The zero-order chi connectivity index (χ0) is 11.5. The molecule has 1 aromatic rings. The molecule has 0 aromatic heterocycles. The van der Waals surface area contributed by atoms with E-state index in [-0.39, 0.29) is 11.7 Å². The van der Waals surface area contributed by atoms with Crippen molar-refractivity contribution in [1.29, 1.82) is 0 Å². The summed E-state index contributed by atoms with van der Waals surface area (Å²) in [6, 6.07) is 6.59. The number of nitrogens with two attached hydrogens (primary N) is 1. The first-order valence-electron chi connectivity index (χ1n) is 5.49. The Morgan fingerprint density at radius 2 is 2.06 bits per heavy atom. The summed E-state index contributed by atoms with van der Waals surface area (Å²) < 4.78 is 0. The van der Waals surface area contributed by atoms with E-state index in [2.05, 4.69) is 5.32 Å². The molecule has 4 nitrogen and oxygen atoms in total. The molecule has 4 N–H and O–H groups in total. The van der Waals surface area contributed by atoms with Crippen molar-refractivity contribution < 1.29 is 9.90 Å². The summed E-state index contributed by atoms with van der Waals surface area (Å²) in [7, 11) is 0. The number of hydrogen-bond donors (Lipinski definition) is 3. The minimum atomic E-state index is -0.509. The van der Waals surface area contributed by atoms with Crippen LogP contribution in [0.2, 0.25) is 0 Å². The van der Waals surface area contributed by atoms with Crippen molar-refractivity contribution in [3.8, 4) is 5.75 Å². The maximum absolute atomic E-state index is 11.6. The highest BCUT2D eigenvalue weighted by Crippen LogP contribution is 2.18. The van der Waals surface area contributed by atoms with Crippen LogP contribution in [0.4, 0.5) is 0 Å². The fourth-order valence-electron chi connectivity index (χ4n) is 1.51. The van der Waals surface area contributed by atoms with Gasteiger partial charge in [0.2, 0.25) is 5.91 Å². The third kappa shape index (κ3) is 2.97. The summed E-state index contributed by atoms with van der Waals surface area (Å²) in [6.45, 7) is 0. The first-order chi connectivity index (χ1) is 7.65. The zero-order valence-corrected chi connectivity index (χ0v) is 9.02. The van der Waals surface area contributed by atoms with Crippen LogP contribution in [-0.2, 0) is 11.2 Å². The van der Waals surface area contributed by atoms with Crippen LogP contribution in [0, 0.1) is 0 Å². The number of nitrogens with one attached hydrogen (secondary N) is 1. The monoisotopic (exact) mass is 220 g/mol. The predicted molar refractivity (Wildman–Crippen MR) is 61.0 cm³/mol. The van der Waals surface area contributed by atoms with Gasteiger partial charge in [0, 0.05) is 6.04 Å². The normalized spacial score (nSPS) is 16.8.